The molecule has 5 heteroatoms. The lowest BCUT2D eigenvalue weighted by Gasteiger charge is -2.07. The van der Waals surface area contributed by atoms with E-state index in [-0.39, 0.29) is 11.7 Å². The summed E-state index contributed by atoms with van der Waals surface area (Å²) in [7, 11) is 1.61. The molecule has 22 heavy (non-hydrogen) atoms. The van der Waals surface area contributed by atoms with Gasteiger partial charge in [0.1, 0.15) is 11.6 Å². The number of ether oxygens (including phenoxy) is 1. The summed E-state index contributed by atoms with van der Waals surface area (Å²) >= 11 is 3.43. The zero-order valence-electron chi connectivity index (χ0n) is 12.2. The highest BCUT2D eigenvalue weighted by atomic mass is 79.9. The minimum absolute atomic E-state index is 0.0312. The third kappa shape index (κ3) is 4.84. The number of carbonyl (C=O) groups excluding carboxylic acids is 1. The molecule has 0 fully saturated rings. The molecule has 0 heterocycles. The summed E-state index contributed by atoms with van der Waals surface area (Å²) in [4.78, 5) is 11.8. The molecule has 0 saturated carbocycles. The fourth-order valence-corrected chi connectivity index (χ4v) is 2.60. The van der Waals surface area contributed by atoms with Crippen molar-refractivity contribution in [2.24, 2.45) is 0 Å². The van der Waals surface area contributed by atoms with Crippen molar-refractivity contribution >= 4 is 21.8 Å². The Hall–Kier alpha value is -1.88. The van der Waals surface area contributed by atoms with Gasteiger partial charge in [0.15, 0.2) is 0 Å². The first-order valence-electron chi connectivity index (χ1n) is 6.92. The summed E-state index contributed by atoms with van der Waals surface area (Å²) in [5.74, 6) is 0.459. The first-order chi connectivity index (χ1) is 10.6. The lowest BCUT2D eigenvalue weighted by atomic mass is 10.1. The standard InChI is InChI=1S/C17H17BrFNO2/c1-22-16-8-4-12(10-15(16)18)5-9-17(21)20-11-13-2-6-14(19)7-3-13/h2-4,6-8,10H,5,9,11H2,1H3,(H,20,21). The van der Waals surface area contributed by atoms with Gasteiger partial charge in [-0.25, -0.2) is 4.39 Å². The number of aryl methyl sites for hydroxylation is 1. The van der Waals surface area contributed by atoms with Crippen LogP contribution >= 0.6 is 15.9 Å². The average molecular weight is 366 g/mol. The second kappa shape index (κ2) is 7.94. The molecule has 116 valence electrons. The fourth-order valence-electron chi connectivity index (χ4n) is 2.01. The number of halogens is 2. The summed E-state index contributed by atoms with van der Waals surface area (Å²) in [5, 5.41) is 2.83. The minimum atomic E-state index is -0.278. The topological polar surface area (TPSA) is 38.3 Å². The SMILES string of the molecule is COc1ccc(CCC(=O)NCc2ccc(F)cc2)cc1Br. The average Bonchev–Trinajstić information content (AvgIpc) is 2.52. The van der Waals surface area contributed by atoms with Crippen molar-refractivity contribution in [1.29, 1.82) is 0 Å². The number of nitrogens with one attached hydrogen (secondary N) is 1. The van der Waals surface area contributed by atoms with Gasteiger partial charge in [-0.05, 0) is 57.7 Å². The summed E-state index contributed by atoms with van der Waals surface area (Å²) in [6, 6.07) is 11.9. The molecular weight excluding hydrogens is 349 g/mol. The number of carbonyl (C=O) groups is 1. The van der Waals surface area contributed by atoms with Crippen molar-refractivity contribution < 1.29 is 13.9 Å². The van der Waals surface area contributed by atoms with Gasteiger partial charge in [0.2, 0.25) is 5.91 Å². The van der Waals surface area contributed by atoms with Crippen LogP contribution < -0.4 is 10.1 Å². The maximum atomic E-state index is 12.8. The molecular formula is C17H17BrFNO2. The lowest BCUT2D eigenvalue weighted by molar-refractivity contribution is -0.121. The van der Waals surface area contributed by atoms with E-state index in [0.717, 1.165) is 21.3 Å². The van der Waals surface area contributed by atoms with Gasteiger partial charge >= 0.3 is 0 Å². The lowest BCUT2D eigenvalue weighted by Crippen LogP contribution is -2.22. The summed E-state index contributed by atoms with van der Waals surface area (Å²) < 4.78 is 18.8. The monoisotopic (exact) mass is 365 g/mol. The van der Waals surface area contributed by atoms with Crippen molar-refractivity contribution in [1.82, 2.24) is 5.32 Å². The Balaban J connectivity index is 1.80. The molecule has 0 aliphatic heterocycles. The predicted octanol–water partition coefficient (Wildman–Crippen LogP) is 3.85. The molecule has 0 aliphatic carbocycles. The summed E-state index contributed by atoms with van der Waals surface area (Å²) in [6.45, 7) is 0.408. The highest BCUT2D eigenvalue weighted by Crippen LogP contribution is 2.25. The van der Waals surface area contributed by atoms with Crippen molar-refractivity contribution in [3.8, 4) is 5.75 Å². The van der Waals surface area contributed by atoms with Crippen LogP contribution in [0.5, 0.6) is 5.75 Å². The van der Waals surface area contributed by atoms with Crippen LogP contribution in [-0.4, -0.2) is 13.0 Å². The Morgan fingerprint density at radius 3 is 2.50 bits per heavy atom. The molecule has 0 unspecified atom stereocenters. The molecule has 2 aromatic rings. The quantitative estimate of drug-likeness (QED) is 0.844. The molecule has 3 nitrogen and oxygen atoms in total. The van der Waals surface area contributed by atoms with Gasteiger partial charge in [-0.3, -0.25) is 4.79 Å². The van der Waals surface area contributed by atoms with Gasteiger partial charge < -0.3 is 10.1 Å². The van der Waals surface area contributed by atoms with E-state index in [0.29, 0.717) is 19.4 Å². The Labute approximate surface area is 137 Å². The van der Waals surface area contributed by atoms with E-state index in [1.807, 2.05) is 18.2 Å². The molecule has 1 amide bonds. The molecule has 0 aromatic heterocycles. The van der Waals surface area contributed by atoms with Gasteiger partial charge in [-0.2, -0.15) is 0 Å². The Morgan fingerprint density at radius 2 is 1.86 bits per heavy atom. The molecule has 0 saturated heterocycles. The first kappa shape index (κ1) is 16.5. The molecule has 0 bridgehead atoms. The predicted molar refractivity (Wildman–Crippen MR) is 87.3 cm³/mol. The van der Waals surface area contributed by atoms with Crippen LogP contribution in [0, 0.1) is 5.82 Å². The molecule has 0 spiro atoms. The molecule has 2 aromatic carbocycles. The van der Waals surface area contributed by atoms with E-state index >= 15 is 0 Å². The Morgan fingerprint density at radius 1 is 1.18 bits per heavy atom. The largest absolute Gasteiger partial charge is 0.496 e. The maximum Gasteiger partial charge on any atom is 0.220 e. The number of rotatable bonds is 6. The van der Waals surface area contributed by atoms with Gasteiger partial charge in [-0.1, -0.05) is 18.2 Å². The molecule has 1 N–H and O–H groups in total. The van der Waals surface area contributed by atoms with Gasteiger partial charge in [0.05, 0.1) is 11.6 Å². The minimum Gasteiger partial charge on any atom is -0.496 e. The molecule has 0 atom stereocenters. The maximum absolute atomic E-state index is 12.8. The first-order valence-corrected chi connectivity index (χ1v) is 7.71. The molecule has 0 aliphatic rings. The van der Waals surface area contributed by atoms with E-state index < -0.39 is 0 Å². The third-order valence-corrected chi connectivity index (χ3v) is 3.88. The summed E-state index contributed by atoms with van der Waals surface area (Å²) in [5.41, 5.74) is 1.94. The number of methoxy groups -OCH3 is 1. The summed E-state index contributed by atoms with van der Waals surface area (Å²) in [6.07, 6.45) is 1.05. The van der Waals surface area contributed by atoms with E-state index in [2.05, 4.69) is 21.2 Å². The number of amides is 1. The second-order valence-corrected chi connectivity index (χ2v) is 5.73. The van der Waals surface area contributed by atoms with Crippen molar-refractivity contribution in [2.45, 2.75) is 19.4 Å². The van der Waals surface area contributed by atoms with Crippen molar-refractivity contribution in [2.75, 3.05) is 7.11 Å². The molecule has 2 rings (SSSR count). The smallest absolute Gasteiger partial charge is 0.220 e. The zero-order valence-corrected chi connectivity index (χ0v) is 13.8. The third-order valence-electron chi connectivity index (χ3n) is 3.26. The fraction of sp³-hybridized carbons (Fsp3) is 0.235. The van der Waals surface area contributed by atoms with Crippen LogP contribution in [0.15, 0.2) is 46.9 Å². The number of benzene rings is 2. The highest BCUT2D eigenvalue weighted by Gasteiger charge is 2.05. The van der Waals surface area contributed by atoms with Crippen LogP contribution in [0.2, 0.25) is 0 Å². The Bertz CT molecular complexity index is 644. The van der Waals surface area contributed by atoms with Crippen molar-refractivity contribution in [3.05, 3.63) is 63.9 Å². The number of hydrogen-bond acceptors (Lipinski definition) is 2. The van der Waals surface area contributed by atoms with E-state index in [1.165, 1.54) is 12.1 Å². The van der Waals surface area contributed by atoms with Crippen LogP contribution in [0.25, 0.3) is 0 Å². The second-order valence-electron chi connectivity index (χ2n) is 4.87. The van der Waals surface area contributed by atoms with Crippen LogP contribution in [0.4, 0.5) is 4.39 Å². The van der Waals surface area contributed by atoms with Crippen molar-refractivity contribution in [3.63, 3.8) is 0 Å². The van der Waals surface area contributed by atoms with Crippen LogP contribution in [0.3, 0.4) is 0 Å². The van der Waals surface area contributed by atoms with Gasteiger partial charge in [0.25, 0.3) is 0 Å². The van der Waals surface area contributed by atoms with E-state index in [1.54, 1.807) is 19.2 Å². The van der Waals surface area contributed by atoms with E-state index in [4.69, 9.17) is 4.74 Å². The normalized spacial score (nSPS) is 10.3. The van der Waals surface area contributed by atoms with Gasteiger partial charge in [-0.15, -0.1) is 0 Å². The molecule has 0 radical (unpaired) electrons. The van der Waals surface area contributed by atoms with Crippen LogP contribution in [-0.2, 0) is 17.8 Å². The van der Waals surface area contributed by atoms with Crippen LogP contribution in [0.1, 0.15) is 17.5 Å². The highest BCUT2D eigenvalue weighted by molar-refractivity contribution is 9.10. The van der Waals surface area contributed by atoms with E-state index in [9.17, 15) is 9.18 Å². The zero-order chi connectivity index (χ0) is 15.9. The van der Waals surface area contributed by atoms with Gasteiger partial charge in [0, 0.05) is 13.0 Å². The Kier molecular flexibility index (Phi) is 5.95. The number of hydrogen-bond donors (Lipinski definition) is 1.